The summed E-state index contributed by atoms with van der Waals surface area (Å²) in [6, 6.07) is 3.54. The van der Waals surface area contributed by atoms with E-state index in [1.54, 1.807) is 17.0 Å². The number of carbonyl (C=O) groups excluding carboxylic acids is 1. The number of likely N-dealkylation sites (tertiary alicyclic amines) is 1. The van der Waals surface area contributed by atoms with Crippen molar-refractivity contribution in [3.05, 3.63) is 33.8 Å². The highest BCUT2D eigenvalue weighted by atomic mass is 35.5. The third-order valence-corrected chi connectivity index (χ3v) is 4.51. The Bertz CT molecular complexity index is 502. The lowest BCUT2D eigenvalue weighted by Crippen LogP contribution is -2.47. The molecule has 3 nitrogen and oxygen atoms in total. The van der Waals surface area contributed by atoms with Gasteiger partial charge in [-0.05, 0) is 49.9 Å². The van der Waals surface area contributed by atoms with Crippen LogP contribution in [0.15, 0.2) is 12.1 Å². The Balaban J connectivity index is 2.13. The minimum absolute atomic E-state index is 0.0891. The van der Waals surface area contributed by atoms with E-state index in [1.165, 1.54) is 0 Å². The van der Waals surface area contributed by atoms with Gasteiger partial charge in [0.1, 0.15) is 6.67 Å². The molecule has 0 bridgehead atoms. The van der Waals surface area contributed by atoms with Gasteiger partial charge in [-0.3, -0.25) is 4.79 Å². The molecule has 0 radical (unpaired) electrons. The highest BCUT2D eigenvalue weighted by Gasteiger charge is 2.34. The molecule has 5 heteroatoms. The monoisotopic (exact) mass is 299 g/mol. The average molecular weight is 300 g/mol. The van der Waals surface area contributed by atoms with Gasteiger partial charge in [0.2, 0.25) is 0 Å². The van der Waals surface area contributed by atoms with E-state index in [4.69, 9.17) is 11.6 Å². The quantitative estimate of drug-likeness (QED) is 0.912. The second-order valence-electron chi connectivity index (χ2n) is 5.57. The lowest BCUT2D eigenvalue weighted by Gasteiger charge is -2.36. The van der Waals surface area contributed by atoms with Crippen LogP contribution in [0, 0.1) is 13.8 Å². The number of halogens is 2. The van der Waals surface area contributed by atoms with Crippen molar-refractivity contribution < 1.29 is 14.3 Å². The van der Waals surface area contributed by atoms with E-state index in [-0.39, 0.29) is 18.7 Å². The molecule has 0 aliphatic carbocycles. The van der Waals surface area contributed by atoms with Crippen LogP contribution < -0.4 is 0 Å². The summed E-state index contributed by atoms with van der Waals surface area (Å²) in [6.07, 6.45) is 0.557. The van der Waals surface area contributed by atoms with Gasteiger partial charge < -0.3 is 10.0 Å². The Labute approximate surface area is 123 Å². The van der Waals surface area contributed by atoms with Crippen molar-refractivity contribution in [1.82, 2.24) is 4.90 Å². The number of alkyl halides is 1. The predicted molar refractivity (Wildman–Crippen MR) is 77.0 cm³/mol. The number of aliphatic hydroxyl groups is 1. The van der Waals surface area contributed by atoms with Crippen molar-refractivity contribution in [2.75, 3.05) is 19.8 Å². The van der Waals surface area contributed by atoms with Crippen LogP contribution in [0.4, 0.5) is 4.39 Å². The van der Waals surface area contributed by atoms with Gasteiger partial charge in [0, 0.05) is 23.7 Å². The van der Waals surface area contributed by atoms with Crippen molar-refractivity contribution in [2.24, 2.45) is 0 Å². The van der Waals surface area contributed by atoms with Crippen LogP contribution in [0.2, 0.25) is 5.02 Å². The van der Waals surface area contributed by atoms with Crippen LogP contribution in [0.5, 0.6) is 0 Å². The summed E-state index contributed by atoms with van der Waals surface area (Å²) in [5.41, 5.74) is 1.07. The standard InChI is InChI=1S/C15H19ClFNO2/c1-10-7-12(8-11(2)13(10)16)14(19)18-5-3-15(20,9-17)4-6-18/h7-8,20H,3-6,9H2,1-2H3. The SMILES string of the molecule is Cc1cc(C(=O)N2CCC(O)(CF)CC2)cc(C)c1Cl. The lowest BCUT2D eigenvalue weighted by atomic mass is 9.92. The first-order chi connectivity index (χ1) is 9.36. The molecule has 1 fully saturated rings. The number of nitrogens with zero attached hydrogens (tertiary/aromatic N) is 1. The Hall–Kier alpha value is -1.13. The molecule has 1 aromatic rings. The Morgan fingerprint density at radius 2 is 1.85 bits per heavy atom. The summed E-state index contributed by atoms with van der Waals surface area (Å²) >= 11 is 6.10. The van der Waals surface area contributed by atoms with Gasteiger partial charge >= 0.3 is 0 Å². The fraction of sp³-hybridized carbons (Fsp3) is 0.533. The molecule has 0 spiro atoms. The van der Waals surface area contributed by atoms with Crippen LogP contribution >= 0.6 is 11.6 Å². The van der Waals surface area contributed by atoms with E-state index < -0.39 is 12.3 Å². The average Bonchev–Trinajstić information content (AvgIpc) is 2.44. The minimum Gasteiger partial charge on any atom is -0.387 e. The highest BCUT2D eigenvalue weighted by molar-refractivity contribution is 6.32. The summed E-state index contributed by atoms with van der Waals surface area (Å²) in [4.78, 5) is 14.1. The molecule has 2 rings (SSSR count). The molecule has 0 saturated carbocycles. The molecule has 1 heterocycles. The molecular weight excluding hydrogens is 281 g/mol. The van der Waals surface area contributed by atoms with Crippen LogP contribution in [-0.4, -0.2) is 41.3 Å². The summed E-state index contributed by atoms with van der Waals surface area (Å²) in [7, 11) is 0. The number of carbonyl (C=O) groups is 1. The predicted octanol–water partition coefficient (Wildman–Crippen LogP) is 2.89. The number of hydrogen-bond acceptors (Lipinski definition) is 2. The van der Waals surface area contributed by atoms with Crippen molar-refractivity contribution >= 4 is 17.5 Å². The third kappa shape index (κ3) is 2.96. The van der Waals surface area contributed by atoms with Crippen molar-refractivity contribution in [3.63, 3.8) is 0 Å². The number of aryl methyl sites for hydroxylation is 2. The summed E-state index contributed by atoms with van der Waals surface area (Å²) in [6.45, 7) is 3.72. The smallest absolute Gasteiger partial charge is 0.253 e. The molecule has 0 atom stereocenters. The van der Waals surface area contributed by atoms with Crippen molar-refractivity contribution in [3.8, 4) is 0 Å². The second kappa shape index (κ2) is 5.70. The largest absolute Gasteiger partial charge is 0.387 e. The number of rotatable bonds is 2. The van der Waals surface area contributed by atoms with Crippen LogP contribution in [-0.2, 0) is 0 Å². The van der Waals surface area contributed by atoms with Crippen molar-refractivity contribution in [2.45, 2.75) is 32.3 Å². The first-order valence-electron chi connectivity index (χ1n) is 6.71. The van der Waals surface area contributed by atoms with Crippen LogP contribution in [0.1, 0.15) is 34.3 Å². The maximum atomic E-state index is 12.7. The second-order valence-corrected chi connectivity index (χ2v) is 5.95. The normalized spacial score (nSPS) is 18.1. The third-order valence-electron chi connectivity index (χ3n) is 3.91. The zero-order valence-electron chi connectivity index (χ0n) is 11.7. The molecule has 1 amide bonds. The topological polar surface area (TPSA) is 40.5 Å². The fourth-order valence-electron chi connectivity index (χ4n) is 2.51. The number of benzene rings is 1. The van der Waals surface area contributed by atoms with Gasteiger partial charge in [-0.2, -0.15) is 0 Å². The van der Waals surface area contributed by atoms with Gasteiger partial charge in [-0.15, -0.1) is 0 Å². The van der Waals surface area contributed by atoms with E-state index in [2.05, 4.69) is 0 Å². The summed E-state index contributed by atoms with van der Waals surface area (Å²) in [5.74, 6) is -0.0891. The Kier molecular flexibility index (Phi) is 4.35. The molecule has 1 aromatic carbocycles. The molecule has 1 aliphatic heterocycles. The summed E-state index contributed by atoms with van der Waals surface area (Å²) < 4.78 is 12.7. The molecule has 1 saturated heterocycles. The molecule has 1 N–H and O–H groups in total. The fourth-order valence-corrected chi connectivity index (χ4v) is 2.62. The Morgan fingerprint density at radius 1 is 1.35 bits per heavy atom. The van der Waals surface area contributed by atoms with E-state index in [0.717, 1.165) is 11.1 Å². The molecular formula is C15H19ClFNO2. The molecule has 1 aliphatic rings. The van der Waals surface area contributed by atoms with Crippen LogP contribution in [0.25, 0.3) is 0 Å². The lowest BCUT2D eigenvalue weighted by molar-refractivity contribution is -0.0333. The van der Waals surface area contributed by atoms with Gasteiger partial charge in [0.05, 0.1) is 5.60 Å². The number of amides is 1. The highest BCUT2D eigenvalue weighted by Crippen LogP contribution is 2.26. The van der Waals surface area contributed by atoms with E-state index in [0.29, 0.717) is 23.7 Å². The van der Waals surface area contributed by atoms with Crippen molar-refractivity contribution in [1.29, 1.82) is 0 Å². The molecule has 110 valence electrons. The maximum absolute atomic E-state index is 12.7. The molecule has 0 aromatic heterocycles. The molecule has 0 unspecified atom stereocenters. The van der Waals surface area contributed by atoms with Gasteiger partial charge in [0.25, 0.3) is 5.91 Å². The number of hydrogen-bond donors (Lipinski definition) is 1. The summed E-state index contributed by atoms with van der Waals surface area (Å²) in [5, 5.41) is 10.5. The maximum Gasteiger partial charge on any atom is 0.253 e. The van der Waals surface area contributed by atoms with E-state index in [1.807, 2.05) is 13.8 Å². The van der Waals surface area contributed by atoms with Gasteiger partial charge in [-0.25, -0.2) is 4.39 Å². The first kappa shape index (κ1) is 15.3. The zero-order chi connectivity index (χ0) is 14.9. The first-order valence-corrected chi connectivity index (χ1v) is 7.08. The number of piperidine rings is 1. The minimum atomic E-state index is -1.26. The Morgan fingerprint density at radius 3 is 2.30 bits per heavy atom. The van der Waals surface area contributed by atoms with E-state index in [9.17, 15) is 14.3 Å². The van der Waals surface area contributed by atoms with Gasteiger partial charge in [-0.1, -0.05) is 11.6 Å². The zero-order valence-corrected chi connectivity index (χ0v) is 12.5. The van der Waals surface area contributed by atoms with E-state index >= 15 is 0 Å². The van der Waals surface area contributed by atoms with Gasteiger partial charge in [0.15, 0.2) is 0 Å². The molecule has 20 heavy (non-hydrogen) atoms. The van der Waals surface area contributed by atoms with Crippen LogP contribution in [0.3, 0.4) is 0 Å².